The normalized spacial score (nSPS) is 19.9. The third-order valence-corrected chi connectivity index (χ3v) is 5.57. The molecule has 0 N–H and O–H groups in total. The molecule has 1 aliphatic rings. The average molecular weight is 509 g/mol. The molecule has 6 nitrogen and oxygen atoms in total. The summed E-state index contributed by atoms with van der Waals surface area (Å²) in [7, 11) is 1.79. The van der Waals surface area contributed by atoms with Crippen molar-refractivity contribution >= 4 is 55.1 Å². The molecule has 0 spiro atoms. The van der Waals surface area contributed by atoms with Gasteiger partial charge in [-0.3, -0.25) is 9.59 Å². The van der Waals surface area contributed by atoms with Crippen molar-refractivity contribution in [1.29, 1.82) is 0 Å². The molecule has 1 fully saturated rings. The molecule has 3 rings (SSSR count). The lowest BCUT2D eigenvalue weighted by molar-refractivity contribution is -0.124. The van der Waals surface area contributed by atoms with Crippen LogP contribution >= 0.6 is 31.9 Å². The number of para-hydroxylation sites is 1. The van der Waals surface area contributed by atoms with Crippen LogP contribution in [0.3, 0.4) is 0 Å². The monoisotopic (exact) mass is 507 g/mol. The number of anilines is 1. The standard InChI is InChI=1S/C20H19Br2N3O3/c1-12-18(20(27)25(24(12)3)15-7-5-4-6-8-15)23-19(26)13(2)28-17-10-9-14(21)11-16(17)22/h4-13H,1-3H3. The Morgan fingerprint density at radius 2 is 1.86 bits per heavy atom. The minimum atomic E-state index is -0.832. The molecule has 0 aromatic heterocycles. The molecular formula is C20H19Br2N3O3. The number of aliphatic imine (C=N–C) groups is 1. The highest BCUT2D eigenvalue weighted by molar-refractivity contribution is 9.11. The summed E-state index contributed by atoms with van der Waals surface area (Å²) in [5.41, 5.74) is 0.921. The Bertz CT molecular complexity index is 934. The van der Waals surface area contributed by atoms with Crippen molar-refractivity contribution in [3.63, 3.8) is 0 Å². The SMILES string of the molecule is CC(Oc1ccc(Br)cc1Br)C(=O)N=C1C(=O)N(c2ccccc2)N(C)C1C. The van der Waals surface area contributed by atoms with Gasteiger partial charge < -0.3 is 4.74 Å². The zero-order valence-electron chi connectivity index (χ0n) is 15.6. The Hall–Kier alpha value is -2.03. The van der Waals surface area contributed by atoms with Crippen LogP contribution in [0.5, 0.6) is 5.75 Å². The summed E-state index contributed by atoms with van der Waals surface area (Å²) >= 11 is 6.78. The largest absolute Gasteiger partial charge is 0.480 e. The van der Waals surface area contributed by atoms with Crippen LogP contribution in [0, 0.1) is 0 Å². The number of hydrazine groups is 1. The van der Waals surface area contributed by atoms with E-state index in [0.29, 0.717) is 5.75 Å². The van der Waals surface area contributed by atoms with E-state index in [1.54, 1.807) is 25.0 Å². The van der Waals surface area contributed by atoms with Crippen LogP contribution in [0.25, 0.3) is 0 Å². The number of carbonyl (C=O) groups excluding carboxylic acids is 2. The number of benzene rings is 2. The maximum absolute atomic E-state index is 12.9. The van der Waals surface area contributed by atoms with Crippen molar-refractivity contribution in [2.75, 3.05) is 12.1 Å². The number of ether oxygens (including phenoxy) is 1. The fourth-order valence-electron chi connectivity index (χ4n) is 2.81. The number of hydrogen-bond acceptors (Lipinski definition) is 4. The van der Waals surface area contributed by atoms with Gasteiger partial charge in [0.2, 0.25) is 0 Å². The van der Waals surface area contributed by atoms with E-state index in [1.807, 2.05) is 49.4 Å². The number of amides is 2. The molecule has 1 saturated heterocycles. The predicted molar refractivity (Wildman–Crippen MR) is 116 cm³/mol. The molecule has 28 heavy (non-hydrogen) atoms. The lowest BCUT2D eigenvalue weighted by atomic mass is 10.2. The fraction of sp³-hybridized carbons (Fsp3) is 0.250. The Balaban J connectivity index is 1.79. The molecule has 2 amide bonds. The Morgan fingerprint density at radius 1 is 1.18 bits per heavy atom. The molecule has 8 heteroatoms. The maximum atomic E-state index is 12.9. The summed E-state index contributed by atoms with van der Waals surface area (Å²) in [6, 6.07) is 14.3. The number of rotatable bonds is 4. The molecule has 2 atom stereocenters. The maximum Gasteiger partial charge on any atom is 0.289 e. The van der Waals surface area contributed by atoms with Gasteiger partial charge in [0.1, 0.15) is 11.5 Å². The van der Waals surface area contributed by atoms with E-state index >= 15 is 0 Å². The molecule has 146 valence electrons. The van der Waals surface area contributed by atoms with Crippen LogP contribution in [-0.4, -0.2) is 41.7 Å². The molecular weight excluding hydrogens is 490 g/mol. The van der Waals surface area contributed by atoms with Crippen molar-refractivity contribution in [3.8, 4) is 5.75 Å². The lowest BCUT2D eigenvalue weighted by Crippen LogP contribution is -2.38. The first-order valence-electron chi connectivity index (χ1n) is 8.66. The van der Waals surface area contributed by atoms with Crippen molar-refractivity contribution in [2.24, 2.45) is 4.99 Å². The van der Waals surface area contributed by atoms with Crippen LogP contribution in [0.1, 0.15) is 13.8 Å². The van der Waals surface area contributed by atoms with Gasteiger partial charge in [-0.25, -0.2) is 15.0 Å². The molecule has 2 aromatic rings. The van der Waals surface area contributed by atoms with Gasteiger partial charge in [0, 0.05) is 11.5 Å². The third-order valence-electron chi connectivity index (χ3n) is 4.46. The van der Waals surface area contributed by atoms with Crippen LogP contribution < -0.4 is 9.75 Å². The second-order valence-electron chi connectivity index (χ2n) is 6.37. The van der Waals surface area contributed by atoms with E-state index in [1.165, 1.54) is 5.01 Å². The molecule has 0 aliphatic carbocycles. The summed E-state index contributed by atoms with van der Waals surface area (Å²) in [4.78, 5) is 29.6. The topological polar surface area (TPSA) is 62.2 Å². The van der Waals surface area contributed by atoms with Crippen LogP contribution in [0.2, 0.25) is 0 Å². The molecule has 2 aromatic carbocycles. The smallest absolute Gasteiger partial charge is 0.289 e. The van der Waals surface area contributed by atoms with Crippen molar-refractivity contribution in [2.45, 2.75) is 26.0 Å². The summed E-state index contributed by atoms with van der Waals surface area (Å²) in [5.74, 6) is -0.294. The first-order chi connectivity index (χ1) is 13.3. The highest BCUT2D eigenvalue weighted by Crippen LogP contribution is 2.29. The van der Waals surface area contributed by atoms with Gasteiger partial charge in [-0.15, -0.1) is 0 Å². The Kier molecular flexibility index (Phi) is 6.32. The van der Waals surface area contributed by atoms with Gasteiger partial charge in [0.15, 0.2) is 6.10 Å². The second kappa shape index (κ2) is 8.55. The first kappa shape index (κ1) is 20.7. The van der Waals surface area contributed by atoms with Gasteiger partial charge in [-0.1, -0.05) is 34.1 Å². The van der Waals surface area contributed by atoms with Crippen molar-refractivity contribution in [3.05, 3.63) is 57.5 Å². The molecule has 0 bridgehead atoms. The summed E-state index contributed by atoms with van der Waals surface area (Å²) in [6.45, 7) is 3.45. The fourth-order valence-corrected chi connectivity index (χ4v) is 3.95. The summed E-state index contributed by atoms with van der Waals surface area (Å²) in [5, 5.41) is 3.29. The molecule has 0 saturated carbocycles. The van der Waals surface area contributed by atoms with Gasteiger partial charge in [0.05, 0.1) is 16.2 Å². The van der Waals surface area contributed by atoms with Crippen LogP contribution in [-0.2, 0) is 9.59 Å². The number of halogens is 2. The molecule has 1 heterocycles. The Morgan fingerprint density at radius 3 is 2.50 bits per heavy atom. The third kappa shape index (κ3) is 4.19. The van der Waals surface area contributed by atoms with E-state index in [-0.39, 0.29) is 17.7 Å². The van der Waals surface area contributed by atoms with E-state index in [2.05, 4.69) is 36.9 Å². The summed E-state index contributed by atoms with van der Waals surface area (Å²) in [6.07, 6.45) is -0.832. The minimum absolute atomic E-state index is 0.196. The van der Waals surface area contributed by atoms with E-state index in [9.17, 15) is 9.59 Å². The highest BCUT2D eigenvalue weighted by atomic mass is 79.9. The van der Waals surface area contributed by atoms with E-state index in [4.69, 9.17) is 4.74 Å². The minimum Gasteiger partial charge on any atom is -0.480 e. The number of hydrogen-bond donors (Lipinski definition) is 0. The predicted octanol–water partition coefficient (Wildman–Crippen LogP) is 4.23. The van der Waals surface area contributed by atoms with E-state index in [0.717, 1.165) is 14.6 Å². The molecule has 1 aliphatic heterocycles. The second-order valence-corrected chi connectivity index (χ2v) is 8.14. The van der Waals surface area contributed by atoms with Gasteiger partial charge >= 0.3 is 0 Å². The van der Waals surface area contributed by atoms with Crippen molar-refractivity contribution in [1.82, 2.24) is 5.01 Å². The molecule has 0 radical (unpaired) electrons. The van der Waals surface area contributed by atoms with Gasteiger partial charge in [-0.05, 0) is 60.1 Å². The number of carbonyl (C=O) groups is 2. The molecule has 2 unspecified atom stereocenters. The number of nitrogens with zero attached hydrogens (tertiary/aromatic N) is 3. The Labute approximate surface area is 180 Å². The highest BCUT2D eigenvalue weighted by Gasteiger charge is 2.40. The van der Waals surface area contributed by atoms with Crippen LogP contribution in [0.4, 0.5) is 5.69 Å². The van der Waals surface area contributed by atoms with Gasteiger partial charge in [0.25, 0.3) is 11.8 Å². The lowest BCUT2D eigenvalue weighted by Gasteiger charge is -2.25. The van der Waals surface area contributed by atoms with Crippen LogP contribution in [0.15, 0.2) is 62.5 Å². The van der Waals surface area contributed by atoms with Gasteiger partial charge in [-0.2, -0.15) is 0 Å². The zero-order valence-corrected chi connectivity index (χ0v) is 18.8. The zero-order chi connectivity index (χ0) is 20.4. The van der Waals surface area contributed by atoms with Crippen molar-refractivity contribution < 1.29 is 14.3 Å². The van der Waals surface area contributed by atoms with E-state index < -0.39 is 12.0 Å². The summed E-state index contributed by atoms with van der Waals surface area (Å²) < 4.78 is 7.32. The average Bonchev–Trinajstić information content (AvgIpc) is 2.88. The first-order valence-corrected chi connectivity index (χ1v) is 10.2. The quantitative estimate of drug-likeness (QED) is 0.620.